The Labute approximate surface area is 86.2 Å². The highest BCUT2D eigenvalue weighted by Crippen LogP contribution is 2.36. The number of alkyl halides is 3. The fourth-order valence-corrected chi connectivity index (χ4v) is 1.13. The number of benzene rings is 1. The molecule has 0 spiro atoms. The van der Waals surface area contributed by atoms with Crippen LogP contribution in [0.25, 0.3) is 0 Å². The zero-order chi connectivity index (χ0) is 11.6. The molecule has 1 aromatic carbocycles. The summed E-state index contributed by atoms with van der Waals surface area (Å²) in [7, 11) is 0. The van der Waals surface area contributed by atoms with Gasteiger partial charge >= 0.3 is 6.18 Å². The molecule has 0 N–H and O–H groups in total. The average Bonchev–Trinajstić information content (AvgIpc) is 2.09. The van der Waals surface area contributed by atoms with Crippen LogP contribution in [0.1, 0.15) is 5.56 Å². The second-order valence-corrected chi connectivity index (χ2v) is 2.90. The van der Waals surface area contributed by atoms with Crippen LogP contribution in [0.15, 0.2) is 17.1 Å². The Morgan fingerprint density at radius 2 is 1.93 bits per heavy atom. The van der Waals surface area contributed by atoms with Gasteiger partial charge in [-0.2, -0.15) is 18.2 Å². The van der Waals surface area contributed by atoms with Gasteiger partial charge in [-0.3, -0.25) is 0 Å². The third-order valence-corrected chi connectivity index (χ3v) is 1.79. The first-order valence-electron chi connectivity index (χ1n) is 3.50. The molecule has 0 fully saturated rings. The fourth-order valence-electron chi connectivity index (χ4n) is 0.882. The first kappa shape index (κ1) is 11.7. The van der Waals surface area contributed by atoms with Gasteiger partial charge in [0.2, 0.25) is 6.08 Å². The van der Waals surface area contributed by atoms with Gasteiger partial charge in [-0.1, -0.05) is 11.6 Å². The summed E-state index contributed by atoms with van der Waals surface area (Å²) in [4.78, 5) is 12.7. The largest absolute Gasteiger partial charge is 0.416 e. The molecule has 0 aliphatic rings. The van der Waals surface area contributed by atoms with Gasteiger partial charge in [-0.25, -0.2) is 9.18 Å². The molecule has 0 bridgehead atoms. The number of rotatable bonds is 1. The van der Waals surface area contributed by atoms with Crippen molar-refractivity contribution < 1.29 is 22.4 Å². The van der Waals surface area contributed by atoms with Gasteiger partial charge in [0.1, 0.15) is 5.69 Å². The van der Waals surface area contributed by atoms with Crippen LogP contribution in [0.2, 0.25) is 5.02 Å². The highest BCUT2D eigenvalue weighted by molar-refractivity contribution is 6.33. The molecule has 0 radical (unpaired) electrons. The Balaban J connectivity index is 3.38. The normalized spacial score (nSPS) is 11.0. The minimum atomic E-state index is -4.70. The van der Waals surface area contributed by atoms with Crippen molar-refractivity contribution in [3.05, 3.63) is 28.5 Å². The number of hydrogen-bond acceptors (Lipinski definition) is 2. The van der Waals surface area contributed by atoms with Crippen molar-refractivity contribution in [2.45, 2.75) is 6.18 Å². The van der Waals surface area contributed by atoms with Gasteiger partial charge in [-0.05, 0) is 12.1 Å². The van der Waals surface area contributed by atoms with Crippen molar-refractivity contribution in [3.63, 3.8) is 0 Å². The second kappa shape index (κ2) is 4.00. The summed E-state index contributed by atoms with van der Waals surface area (Å²) in [6, 6.07) is 0.697. The summed E-state index contributed by atoms with van der Waals surface area (Å²) in [6.45, 7) is 0. The van der Waals surface area contributed by atoms with E-state index in [1.165, 1.54) is 0 Å². The smallest absolute Gasteiger partial charge is 0.211 e. The SMILES string of the molecule is O=C=Nc1c(F)cc(C(F)(F)F)cc1Cl. The van der Waals surface area contributed by atoms with E-state index in [-0.39, 0.29) is 6.07 Å². The van der Waals surface area contributed by atoms with E-state index in [1.807, 2.05) is 0 Å². The number of hydrogen-bond donors (Lipinski definition) is 0. The van der Waals surface area contributed by atoms with E-state index in [0.717, 1.165) is 6.08 Å². The molecular weight excluding hydrogens is 238 g/mol. The number of halogens is 5. The highest BCUT2D eigenvalue weighted by Gasteiger charge is 2.32. The molecule has 1 aromatic rings. The van der Waals surface area contributed by atoms with Crippen molar-refractivity contribution >= 4 is 23.4 Å². The van der Waals surface area contributed by atoms with Crippen molar-refractivity contribution in [1.29, 1.82) is 0 Å². The second-order valence-electron chi connectivity index (χ2n) is 2.49. The summed E-state index contributed by atoms with van der Waals surface area (Å²) >= 11 is 5.31. The van der Waals surface area contributed by atoms with Gasteiger partial charge in [-0.15, -0.1) is 0 Å². The number of isocyanates is 1. The zero-order valence-electron chi connectivity index (χ0n) is 6.90. The van der Waals surface area contributed by atoms with Crippen LogP contribution >= 0.6 is 11.6 Å². The summed E-state index contributed by atoms with van der Waals surface area (Å²) < 4.78 is 49.4. The molecule has 0 aromatic heterocycles. The van der Waals surface area contributed by atoms with Gasteiger partial charge in [0, 0.05) is 0 Å². The lowest BCUT2D eigenvalue weighted by atomic mass is 10.2. The molecule has 7 heteroatoms. The maximum atomic E-state index is 13.0. The summed E-state index contributed by atoms with van der Waals surface area (Å²) in [5.41, 5.74) is -1.89. The molecule has 0 atom stereocenters. The number of carbonyl (C=O) groups excluding carboxylic acids is 1. The predicted octanol–water partition coefficient (Wildman–Crippen LogP) is 3.47. The van der Waals surface area contributed by atoms with Crippen LogP contribution in [0.3, 0.4) is 0 Å². The van der Waals surface area contributed by atoms with Crippen molar-refractivity contribution in [2.75, 3.05) is 0 Å². The molecule has 0 aliphatic carbocycles. The average molecular weight is 240 g/mol. The lowest BCUT2D eigenvalue weighted by Crippen LogP contribution is -2.05. The maximum absolute atomic E-state index is 13.0. The Bertz CT molecular complexity index is 414. The molecule has 0 amide bonds. The molecule has 0 heterocycles. The van der Waals surface area contributed by atoms with E-state index in [4.69, 9.17) is 11.6 Å². The van der Waals surface area contributed by atoms with E-state index in [0.29, 0.717) is 6.07 Å². The lowest BCUT2D eigenvalue weighted by molar-refractivity contribution is -0.137. The standard InChI is InChI=1S/C8H2ClF4NO/c9-5-1-4(8(11,12)13)2-6(10)7(5)14-3-15/h1-2H. The molecule has 1 rings (SSSR count). The Kier molecular flexibility index (Phi) is 3.12. The molecule has 0 unspecified atom stereocenters. The summed E-state index contributed by atoms with van der Waals surface area (Å²) in [5, 5.41) is -0.592. The molecule has 0 saturated carbocycles. The van der Waals surface area contributed by atoms with Crippen LogP contribution < -0.4 is 0 Å². The van der Waals surface area contributed by atoms with Crippen LogP contribution in [-0.2, 0) is 11.0 Å². The van der Waals surface area contributed by atoms with E-state index < -0.39 is 28.3 Å². The van der Waals surface area contributed by atoms with E-state index in [9.17, 15) is 22.4 Å². The quantitative estimate of drug-likeness (QED) is 0.419. The summed E-state index contributed by atoms with van der Waals surface area (Å²) in [6.07, 6.45) is -3.71. The molecular formula is C8H2ClF4NO. The Morgan fingerprint density at radius 3 is 2.33 bits per heavy atom. The number of aliphatic imine (C=N–C) groups is 1. The number of nitrogens with zero attached hydrogens (tertiary/aromatic N) is 1. The first-order chi connectivity index (χ1) is 6.86. The van der Waals surface area contributed by atoms with Gasteiger partial charge < -0.3 is 0 Å². The Morgan fingerprint density at radius 1 is 1.33 bits per heavy atom. The van der Waals surface area contributed by atoms with Crippen LogP contribution in [0.4, 0.5) is 23.2 Å². The third-order valence-electron chi connectivity index (χ3n) is 1.50. The fraction of sp³-hybridized carbons (Fsp3) is 0.125. The van der Waals surface area contributed by atoms with Gasteiger partial charge in [0.25, 0.3) is 0 Å². The zero-order valence-corrected chi connectivity index (χ0v) is 7.66. The minimum Gasteiger partial charge on any atom is -0.211 e. The van der Waals surface area contributed by atoms with Crippen LogP contribution in [0.5, 0.6) is 0 Å². The van der Waals surface area contributed by atoms with Gasteiger partial charge in [0.15, 0.2) is 5.82 Å². The predicted molar refractivity (Wildman–Crippen MR) is 44.2 cm³/mol. The van der Waals surface area contributed by atoms with E-state index in [1.54, 1.807) is 0 Å². The molecule has 0 saturated heterocycles. The highest BCUT2D eigenvalue weighted by atomic mass is 35.5. The monoisotopic (exact) mass is 239 g/mol. The maximum Gasteiger partial charge on any atom is 0.416 e. The van der Waals surface area contributed by atoms with E-state index in [2.05, 4.69) is 4.99 Å². The van der Waals surface area contributed by atoms with Crippen LogP contribution in [0, 0.1) is 5.82 Å². The lowest BCUT2D eigenvalue weighted by Gasteiger charge is -2.08. The molecule has 0 aliphatic heterocycles. The summed E-state index contributed by atoms with van der Waals surface area (Å²) in [5.74, 6) is -1.32. The van der Waals surface area contributed by atoms with Crippen molar-refractivity contribution in [1.82, 2.24) is 0 Å². The van der Waals surface area contributed by atoms with Crippen molar-refractivity contribution in [3.8, 4) is 0 Å². The first-order valence-corrected chi connectivity index (χ1v) is 3.88. The molecule has 15 heavy (non-hydrogen) atoms. The van der Waals surface area contributed by atoms with Crippen molar-refractivity contribution in [2.24, 2.45) is 4.99 Å². The molecule has 80 valence electrons. The molecule has 2 nitrogen and oxygen atoms in total. The third kappa shape index (κ3) is 2.55. The Hall–Kier alpha value is -1.39. The van der Waals surface area contributed by atoms with Crippen LogP contribution in [-0.4, -0.2) is 6.08 Å². The topological polar surface area (TPSA) is 29.4 Å². The minimum absolute atomic E-state index is 0.210. The van der Waals surface area contributed by atoms with E-state index >= 15 is 0 Å². The van der Waals surface area contributed by atoms with Gasteiger partial charge in [0.05, 0.1) is 10.6 Å².